The van der Waals surface area contributed by atoms with Crippen LogP contribution in [-0.2, 0) is 16.1 Å². The first-order chi connectivity index (χ1) is 14.5. The number of amides is 2. The van der Waals surface area contributed by atoms with Crippen molar-refractivity contribution in [1.29, 1.82) is 0 Å². The van der Waals surface area contributed by atoms with E-state index >= 15 is 0 Å². The smallest absolute Gasteiger partial charge is 0.409 e. The molecule has 0 saturated carbocycles. The number of carbonyl (C=O) groups excluding carboxylic acids is 2. The van der Waals surface area contributed by atoms with Crippen molar-refractivity contribution in [3.63, 3.8) is 0 Å². The molecule has 0 aliphatic rings. The van der Waals surface area contributed by atoms with Gasteiger partial charge in [-0.3, -0.25) is 10.6 Å². The Kier molecular flexibility index (Phi) is 9.08. The maximum Gasteiger partial charge on any atom is 0.409 e. The Morgan fingerprint density at radius 2 is 1.60 bits per heavy atom. The second-order valence-corrected chi connectivity index (χ2v) is 6.36. The van der Waals surface area contributed by atoms with Gasteiger partial charge in [-0.15, -0.1) is 0 Å². The van der Waals surface area contributed by atoms with Gasteiger partial charge in [0.25, 0.3) is 0 Å². The number of ether oxygens (including phenoxy) is 4. The lowest BCUT2D eigenvalue weighted by Crippen LogP contribution is -2.41. The molecule has 0 aromatic heterocycles. The molecule has 0 heterocycles. The summed E-state index contributed by atoms with van der Waals surface area (Å²) in [7, 11) is 1.52. The Morgan fingerprint density at radius 3 is 2.17 bits per heavy atom. The number of carbonyl (C=O) groups is 2. The van der Waals surface area contributed by atoms with Crippen molar-refractivity contribution in [1.82, 2.24) is 10.6 Å². The average Bonchev–Trinajstić information content (AvgIpc) is 2.73. The fourth-order valence-electron chi connectivity index (χ4n) is 2.54. The quantitative estimate of drug-likeness (QED) is 0.565. The molecule has 2 aromatic carbocycles. The number of benzene rings is 2. The maximum absolute atomic E-state index is 11.9. The van der Waals surface area contributed by atoms with E-state index in [1.165, 1.54) is 7.11 Å². The van der Waals surface area contributed by atoms with Crippen molar-refractivity contribution in [2.24, 2.45) is 0 Å². The van der Waals surface area contributed by atoms with Crippen LogP contribution in [0.5, 0.6) is 11.5 Å². The molecule has 2 N–H and O–H groups in total. The second-order valence-electron chi connectivity index (χ2n) is 5.95. The van der Waals surface area contributed by atoms with E-state index in [9.17, 15) is 9.59 Å². The molecule has 2 rings (SSSR count). The summed E-state index contributed by atoms with van der Waals surface area (Å²) in [4.78, 5) is 23.9. The third-order valence-electron chi connectivity index (χ3n) is 3.94. The third-order valence-corrected chi connectivity index (χ3v) is 4.31. The van der Waals surface area contributed by atoms with Crippen molar-refractivity contribution in [3.05, 3.63) is 58.6 Å². The average molecular weight is 437 g/mol. The minimum absolute atomic E-state index is 0.187. The zero-order valence-electron chi connectivity index (χ0n) is 17.1. The van der Waals surface area contributed by atoms with Gasteiger partial charge in [0.15, 0.2) is 11.5 Å². The molecule has 0 atom stereocenters. The lowest BCUT2D eigenvalue weighted by Gasteiger charge is -2.21. The number of hydrogen-bond donors (Lipinski definition) is 2. The number of alkyl carbamates (subject to hydrolysis) is 2. The number of hydrogen-bond acceptors (Lipinski definition) is 6. The Morgan fingerprint density at radius 1 is 0.967 bits per heavy atom. The zero-order chi connectivity index (χ0) is 21.9. The summed E-state index contributed by atoms with van der Waals surface area (Å²) in [5, 5.41) is 5.74. The van der Waals surface area contributed by atoms with Crippen molar-refractivity contribution in [2.75, 3.05) is 20.3 Å². The molecule has 162 valence electrons. The Hall–Kier alpha value is -3.13. The van der Waals surface area contributed by atoms with E-state index in [0.29, 0.717) is 22.1 Å². The summed E-state index contributed by atoms with van der Waals surface area (Å²) < 4.78 is 21.1. The van der Waals surface area contributed by atoms with Crippen LogP contribution in [0.4, 0.5) is 9.59 Å². The van der Waals surface area contributed by atoms with Crippen LogP contribution in [0.25, 0.3) is 0 Å². The first-order valence-electron chi connectivity index (χ1n) is 9.39. The van der Waals surface area contributed by atoms with Crippen LogP contribution in [0.2, 0.25) is 5.02 Å². The number of halogens is 1. The molecule has 0 saturated heterocycles. The van der Waals surface area contributed by atoms with Gasteiger partial charge in [0.1, 0.15) is 12.8 Å². The molecule has 0 aliphatic carbocycles. The zero-order valence-corrected chi connectivity index (χ0v) is 17.8. The van der Waals surface area contributed by atoms with E-state index in [1.54, 1.807) is 38.1 Å². The number of nitrogens with one attached hydrogen (secondary N) is 2. The van der Waals surface area contributed by atoms with Gasteiger partial charge >= 0.3 is 12.2 Å². The molecule has 0 bridgehead atoms. The van der Waals surface area contributed by atoms with Crippen molar-refractivity contribution in [3.8, 4) is 11.5 Å². The van der Waals surface area contributed by atoms with E-state index < -0.39 is 18.4 Å². The minimum atomic E-state index is -0.906. The molecule has 30 heavy (non-hydrogen) atoms. The van der Waals surface area contributed by atoms with Gasteiger partial charge in [-0.25, -0.2) is 9.59 Å². The van der Waals surface area contributed by atoms with E-state index in [-0.39, 0.29) is 19.8 Å². The minimum Gasteiger partial charge on any atom is -0.493 e. The Bertz CT molecular complexity index is 841. The number of methoxy groups -OCH3 is 1. The van der Waals surface area contributed by atoms with E-state index in [2.05, 4.69) is 10.6 Å². The predicted octanol–water partition coefficient (Wildman–Crippen LogP) is 4.42. The first-order valence-corrected chi connectivity index (χ1v) is 9.77. The first kappa shape index (κ1) is 23.2. The Balaban J connectivity index is 2.26. The summed E-state index contributed by atoms with van der Waals surface area (Å²) in [5.74, 6) is 0.896. The van der Waals surface area contributed by atoms with Gasteiger partial charge in [0.2, 0.25) is 0 Å². The summed E-state index contributed by atoms with van der Waals surface area (Å²) in [6, 6.07) is 12.3. The molecule has 0 aliphatic heterocycles. The molecular formula is C21H25ClN2O6. The van der Waals surface area contributed by atoms with E-state index in [0.717, 1.165) is 5.56 Å². The molecule has 2 aromatic rings. The summed E-state index contributed by atoms with van der Waals surface area (Å²) in [6.45, 7) is 3.95. The fraction of sp³-hybridized carbons (Fsp3) is 0.333. The topological polar surface area (TPSA) is 95.1 Å². The van der Waals surface area contributed by atoms with Crippen molar-refractivity contribution >= 4 is 23.8 Å². The summed E-state index contributed by atoms with van der Waals surface area (Å²) in [6.07, 6.45) is -2.28. The molecule has 9 heteroatoms. The van der Waals surface area contributed by atoms with Crippen LogP contribution in [0.3, 0.4) is 0 Å². The predicted molar refractivity (Wildman–Crippen MR) is 112 cm³/mol. The highest BCUT2D eigenvalue weighted by molar-refractivity contribution is 6.31. The van der Waals surface area contributed by atoms with Crippen LogP contribution in [0.15, 0.2) is 42.5 Å². The van der Waals surface area contributed by atoms with Gasteiger partial charge in [-0.2, -0.15) is 0 Å². The summed E-state index contributed by atoms with van der Waals surface area (Å²) in [5.41, 5.74) is 1.34. The molecule has 0 spiro atoms. The molecule has 0 radical (unpaired) electrons. The highest BCUT2D eigenvalue weighted by Crippen LogP contribution is 2.31. The van der Waals surface area contributed by atoms with Crippen LogP contribution in [0.1, 0.15) is 31.1 Å². The van der Waals surface area contributed by atoms with Crippen molar-refractivity contribution in [2.45, 2.75) is 26.6 Å². The molecule has 0 fully saturated rings. The number of rotatable bonds is 9. The third kappa shape index (κ3) is 6.73. The Labute approximate surface area is 180 Å². The van der Waals surface area contributed by atoms with Gasteiger partial charge in [0.05, 0.1) is 20.3 Å². The maximum atomic E-state index is 11.9. The normalized spacial score (nSPS) is 10.3. The van der Waals surface area contributed by atoms with E-state index in [4.69, 9.17) is 30.5 Å². The summed E-state index contributed by atoms with van der Waals surface area (Å²) >= 11 is 6.19. The van der Waals surface area contributed by atoms with E-state index in [1.807, 2.05) is 18.2 Å². The van der Waals surface area contributed by atoms with Crippen LogP contribution in [0, 0.1) is 0 Å². The highest BCUT2D eigenvalue weighted by Gasteiger charge is 2.20. The van der Waals surface area contributed by atoms with Crippen LogP contribution < -0.4 is 20.1 Å². The second kappa shape index (κ2) is 11.8. The molecule has 8 nitrogen and oxygen atoms in total. The van der Waals surface area contributed by atoms with Gasteiger partial charge in [0, 0.05) is 10.6 Å². The largest absolute Gasteiger partial charge is 0.493 e. The molecule has 0 unspecified atom stereocenters. The lowest BCUT2D eigenvalue weighted by molar-refractivity contribution is 0.135. The van der Waals surface area contributed by atoms with Crippen LogP contribution in [-0.4, -0.2) is 32.5 Å². The molecule has 2 amide bonds. The lowest BCUT2D eigenvalue weighted by atomic mass is 10.1. The van der Waals surface area contributed by atoms with Gasteiger partial charge < -0.3 is 18.9 Å². The fourth-order valence-corrected chi connectivity index (χ4v) is 2.73. The molecular weight excluding hydrogens is 412 g/mol. The SMILES string of the molecule is CCOC(=O)NC(NC(=O)OCC)c1ccc(OC)c(OCc2ccccc2Cl)c1. The van der Waals surface area contributed by atoms with Gasteiger partial charge in [-0.1, -0.05) is 35.9 Å². The van der Waals surface area contributed by atoms with Crippen LogP contribution >= 0.6 is 11.6 Å². The van der Waals surface area contributed by atoms with Gasteiger partial charge in [-0.05, 0) is 37.6 Å². The monoisotopic (exact) mass is 436 g/mol. The highest BCUT2D eigenvalue weighted by atomic mass is 35.5. The van der Waals surface area contributed by atoms with Crippen molar-refractivity contribution < 1.29 is 28.5 Å². The standard InChI is InChI=1S/C21H25ClN2O6/c1-4-28-20(25)23-19(24-21(26)29-5-2)14-10-11-17(27-3)18(12-14)30-13-15-8-6-7-9-16(15)22/h6-12,19H,4-5,13H2,1-3H3,(H,23,25)(H,24,26).